The number of rotatable bonds is 8. The fourth-order valence-electron chi connectivity index (χ4n) is 9.29. The van der Waals surface area contributed by atoms with Crippen LogP contribution in [0.3, 0.4) is 0 Å². The minimum Gasteiger partial charge on any atom is -0.456 e. The lowest BCUT2D eigenvalue weighted by Crippen LogP contribution is -2.11. The van der Waals surface area contributed by atoms with Gasteiger partial charge in [0.25, 0.3) is 0 Å². The van der Waals surface area contributed by atoms with E-state index in [0.717, 1.165) is 88.8 Å². The van der Waals surface area contributed by atoms with Crippen molar-refractivity contribution in [3.05, 3.63) is 237 Å². The third kappa shape index (κ3) is 6.46. The van der Waals surface area contributed by atoms with Crippen LogP contribution >= 0.6 is 0 Å². The molecule has 0 fully saturated rings. The Bertz CT molecular complexity index is 3620. The molecule has 10 aromatic carbocycles. The van der Waals surface area contributed by atoms with Crippen LogP contribution < -0.4 is 4.90 Å². The van der Waals surface area contributed by atoms with Gasteiger partial charge in [0.1, 0.15) is 22.3 Å². The van der Waals surface area contributed by atoms with Gasteiger partial charge in [-0.3, -0.25) is 0 Å². The van der Waals surface area contributed by atoms with E-state index in [1.807, 2.05) is 24.3 Å². The predicted octanol–water partition coefficient (Wildman–Crippen LogP) is 17.3. The van der Waals surface area contributed by atoms with Crippen LogP contribution in [0.4, 0.5) is 17.1 Å². The highest BCUT2D eigenvalue weighted by Gasteiger charge is 2.22. The fraction of sp³-hybridized carbons (Fsp3) is 0. The third-order valence-corrected chi connectivity index (χ3v) is 12.3. The molecule has 0 saturated carbocycles. The summed E-state index contributed by atoms with van der Waals surface area (Å²) in [5.41, 5.74) is 18.1. The van der Waals surface area contributed by atoms with Crippen LogP contribution in [0.15, 0.2) is 245 Å². The smallest absolute Gasteiger partial charge is 0.137 e. The summed E-state index contributed by atoms with van der Waals surface area (Å²) < 4.78 is 12.8. The Morgan fingerprint density at radius 2 is 0.698 bits per heavy atom. The highest BCUT2D eigenvalue weighted by Crippen LogP contribution is 2.47. The molecule has 3 nitrogen and oxygen atoms in total. The van der Waals surface area contributed by atoms with Crippen molar-refractivity contribution in [1.29, 1.82) is 0 Å². The second-order valence-corrected chi connectivity index (χ2v) is 16.0. The van der Waals surface area contributed by atoms with E-state index in [-0.39, 0.29) is 0 Å². The van der Waals surface area contributed by atoms with Crippen molar-refractivity contribution in [2.45, 2.75) is 0 Å². The topological polar surface area (TPSA) is 29.5 Å². The maximum atomic E-state index is 6.52. The van der Waals surface area contributed by atoms with Crippen LogP contribution in [-0.2, 0) is 0 Å². The molecule has 0 saturated heterocycles. The van der Waals surface area contributed by atoms with Gasteiger partial charge in [-0.15, -0.1) is 0 Å². The molecule has 296 valence electrons. The normalized spacial score (nSPS) is 11.5. The zero-order chi connectivity index (χ0) is 41.7. The molecule has 0 unspecified atom stereocenters. The molecule has 2 aromatic heterocycles. The van der Waals surface area contributed by atoms with Crippen LogP contribution in [0.1, 0.15) is 0 Å². The van der Waals surface area contributed by atoms with Crippen LogP contribution in [-0.4, -0.2) is 0 Å². The number of fused-ring (bicyclic) bond motifs is 6. The highest BCUT2D eigenvalue weighted by atomic mass is 16.3. The quantitative estimate of drug-likeness (QED) is 0.153. The van der Waals surface area contributed by atoms with Gasteiger partial charge >= 0.3 is 0 Å². The lowest BCUT2D eigenvalue weighted by molar-refractivity contribution is 0.668. The maximum Gasteiger partial charge on any atom is 0.137 e. The van der Waals surface area contributed by atoms with Crippen molar-refractivity contribution < 1.29 is 8.83 Å². The van der Waals surface area contributed by atoms with Gasteiger partial charge in [0.15, 0.2) is 0 Å². The summed E-state index contributed by atoms with van der Waals surface area (Å²) in [6.07, 6.45) is 0. The van der Waals surface area contributed by atoms with Crippen LogP contribution in [0.5, 0.6) is 0 Å². The highest BCUT2D eigenvalue weighted by molar-refractivity contribution is 6.08. The van der Waals surface area contributed by atoms with Gasteiger partial charge in [-0.05, 0) is 111 Å². The standard InChI is InChI=1S/C60H39NO2/c1-3-15-40(16-4-1)43-29-34-49(55(37-43)48-20-8-7-19-47(48)42-17-5-2-6-18-42)50-21-9-12-24-56(50)61(46-33-36-54-52-23-11-14-26-58(52)63-60(54)39-46)45-31-27-41(28-32-45)44-30-35-53-51-22-10-13-25-57(51)62-59(53)38-44/h1-39H. The summed E-state index contributed by atoms with van der Waals surface area (Å²) in [5, 5.41) is 4.45. The zero-order valence-corrected chi connectivity index (χ0v) is 34.3. The summed E-state index contributed by atoms with van der Waals surface area (Å²) in [6, 6.07) is 84.3. The summed E-state index contributed by atoms with van der Waals surface area (Å²) in [6.45, 7) is 0. The summed E-state index contributed by atoms with van der Waals surface area (Å²) in [5.74, 6) is 0. The molecule has 0 aliphatic rings. The summed E-state index contributed by atoms with van der Waals surface area (Å²) >= 11 is 0. The Hall–Kier alpha value is -8.40. The Labute approximate surface area is 365 Å². The van der Waals surface area contributed by atoms with Gasteiger partial charge in [0.05, 0.1) is 5.69 Å². The fourth-order valence-corrected chi connectivity index (χ4v) is 9.29. The van der Waals surface area contributed by atoms with Crippen molar-refractivity contribution in [3.8, 4) is 55.6 Å². The van der Waals surface area contributed by atoms with Gasteiger partial charge in [-0.1, -0.05) is 170 Å². The molecule has 0 aliphatic carbocycles. The zero-order valence-electron chi connectivity index (χ0n) is 34.3. The second kappa shape index (κ2) is 15.3. The minimum atomic E-state index is 0.844. The number of furan rings is 2. The first-order valence-corrected chi connectivity index (χ1v) is 21.4. The van der Waals surface area contributed by atoms with E-state index >= 15 is 0 Å². The van der Waals surface area contributed by atoms with E-state index in [9.17, 15) is 0 Å². The van der Waals surface area contributed by atoms with Gasteiger partial charge < -0.3 is 13.7 Å². The van der Waals surface area contributed by atoms with Crippen molar-refractivity contribution >= 4 is 60.9 Å². The van der Waals surface area contributed by atoms with E-state index < -0.39 is 0 Å². The van der Waals surface area contributed by atoms with Gasteiger partial charge in [0.2, 0.25) is 0 Å². The largest absolute Gasteiger partial charge is 0.456 e. The maximum absolute atomic E-state index is 6.52. The first-order valence-electron chi connectivity index (χ1n) is 21.4. The summed E-state index contributed by atoms with van der Waals surface area (Å²) in [4.78, 5) is 2.37. The van der Waals surface area contributed by atoms with E-state index in [2.05, 4.69) is 217 Å². The van der Waals surface area contributed by atoms with Crippen LogP contribution in [0, 0.1) is 0 Å². The van der Waals surface area contributed by atoms with Crippen molar-refractivity contribution in [3.63, 3.8) is 0 Å². The number of nitrogens with zero attached hydrogens (tertiary/aromatic N) is 1. The molecule has 0 aliphatic heterocycles. The number of hydrogen-bond acceptors (Lipinski definition) is 3. The van der Waals surface area contributed by atoms with E-state index in [1.54, 1.807) is 0 Å². The Kier molecular flexibility index (Phi) is 8.83. The van der Waals surface area contributed by atoms with Crippen LogP contribution in [0.25, 0.3) is 99.5 Å². The molecule has 12 rings (SSSR count). The molecule has 0 amide bonds. The molecule has 0 spiro atoms. The van der Waals surface area contributed by atoms with Crippen molar-refractivity contribution in [1.82, 2.24) is 0 Å². The minimum absolute atomic E-state index is 0.844. The number of benzene rings is 10. The van der Waals surface area contributed by atoms with E-state index in [4.69, 9.17) is 8.83 Å². The lowest BCUT2D eigenvalue weighted by atomic mass is 9.86. The SMILES string of the molecule is c1ccc(-c2ccc(-c3ccccc3N(c3ccc(-c4ccc5c(c4)oc4ccccc45)cc3)c3ccc4c(c3)oc3ccccc34)c(-c3ccccc3-c3ccccc3)c2)cc1. The Balaban J connectivity index is 1.05. The molecule has 2 heterocycles. The van der Waals surface area contributed by atoms with E-state index in [0.29, 0.717) is 0 Å². The first kappa shape index (κ1) is 36.5. The molecule has 0 bridgehead atoms. The molecular formula is C60H39NO2. The number of para-hydroxylation sites is 3. The van der Waals surface area contributed by atoms with Crippen molar-refractivity contribution in [2.75, 3.05) is 4.90 Å². The van der Waals surface area contributed by atoms with E-state index in [1.165, 1.54) is 27.8 Å². The molecule has 63 heavy (non-hydrogen) atoms. The molecule has 0 atom stereocenters. The van der Waals surface area contributed by atoms with Crippen LogP contribution in [0.2, 0.25) is 0 Å². The molecule has 3 heteroatoms. The first-order chi connectivity index (χ1) is 31.2. The molecular weight excluding hydrogens is 767 g/mol. The molecule has 0 radical (unpaired) electrons. The second-order valence-electron chi connectivity index (χ2n) is 16.0. The number of anilines is 3. The monoisotopic (exact) mass is 805 g/mol. The van der Waals surface area contributed by atoms with Crippen molar-refractivity contribution in [2.24, 2.45) is 0 Å². The van der Waals surface area contributed by atoms with Gasteiger partial charge in [-0.2, -0.15) is 0 Å². The lowest BCUT2D eigenvalue weighted by Gasteiger charge is -2.29. The van der Waals surface area contributed by atoms with Gasteiger partial charge in [-0.25, -0.2) is 0 Å². The third-order valence-electron chi connectivity index (χ3n) is 12.3. The Morgan fingerprint density at radius 1 is 0.238 bits per heavy atom. The predicted molar refractivity (Wildman–Crippen MR) is 263 cm³/mol. The average molecular weight is 806 g/mol. The van der Waals surface area contributed by atoms with Gasteiger partial charge in [0, 0.05) is 44.5 Å². The number of hydrogen-bond donors (Lipinski definition) is 0. The average Bonchev–Trinajstić information content (AvgIpc) is 3.93. The molecule has 12 aromatic rings. The summed E-state index contributed by atoms with van der Waals surface area (Å²) in [7, 11) is 0. The molecule has 0 N–H and O–H groups in total. The Morgan fingerprint density at radius 3 is 1.41 bits per heavy atom.